The van der Waals surface area contributed by atoms with Crippen LogP contribution in [0.25, 0.3) is 0 Å². The fourth-order valence-electron chi connectivity index (χ4n) is 0.944. The molecule has 5 nitrogen and oxygen atoms in total. The average molecular weight is 218 g/mol. The molecule has 1 aliphatic heterocycles. The average Bonchev–Trinajstić information content (AvgIpc) is 2.02. The summed E-state index contributed by atoms with van der Waals surface area (Å²) in [7, 11) is -4.13. The van der Waals surface area contributed by atoms with Crippen LogP contribution in [0.4, 0.5) is 0 Å². The zero-order valence-electron chi connectivity index (χ0n) is 7.56. The summed E-state index contributed by atoms with van der Waals surface area (Å²) < 4.78 is 40.7. The normalized spacial score (nSPS) is 19.5. The van der Waals surface area contributed by atoms with Gasteiger partial charge in [0.2, 0.25) is 0 Å². The molecule has 0 bridgehead atoms. The van der Waals surface area contributed by atoms with E-state index in [1.807, 2.05) is 0 Å². The summed E-state index contributed by atoms with van der Waals surface area (Å²) in [5.74, 6) is -0.419. The Morgan fingerprint density at radius 2 is 1.85 bits per heavy atom. The molecular weight excluding hydrogens is 207 g/mol. The third kappa shape index (κ3) is 6.84. The van der Waals surface area contributed by atoms with Crippen LogP contribution in [0.2, 0.25) is 0 Å². The molecule has 1 aliphatic rings. The molecule has 0 saturated carbocycles. The molecule has 0 atom stereocenters. The van der Waals surface area contributed by atoms with Gasteiger partial charge in [-0.25, -0.2) is 8.42 Å². The maximum Gasteiger partial charge on any atom is 1.00 e. The van der Waals surface area contributed by atoms with E-state index in [4.69, 9.17) is 9.47 Å². The van der Waals surface area contributed by atoms with Gasteiger partial charge in [-0.2, -0.15) is 0 Å². The van der Waals surface area contributed by atoms with E-state index < -0.39 is 22.2 Å². The van der Waals surface area contributed by atoms with Crippen LogP contribution in [-0.4, -0.2) is 38.2 Å². The van der Waals surface area contributed by atoms with Crippen LogP contribution < -0.4 is 29.6 Å². The Kier molecular flexibility index (Phi) is 6.74. The van der Waals surface area contributed by atoms with Crippen molar-refractivity contribution in [2.24, 2.45) is 0 Å². The van der Waals surface area contributed by atoms with Gasteiger partial charge in [-0.3, -0.25) is 0 Å². The molecule has 0 radical (unpaired) electrons. The molecular formula is C6H11NaO5S. The molecule has 7 heteroatoms. The molecule has 0 N–H and O–H groups in total. The van der Waals surface area contributed by atoms with Gasteiger partial charge in [0, 0.05) is 12.2 Å². The van der Waals surface area contributed by atoms with Gasteiger partial charge < -0.3 is 14.0 Å². The maximum atomic E-state index is 10.2. The Hall–Kier alpha value is 0.830. The first-order chi connectivity index (χ1) is 5.58. The SMILES string of the molecule is O=S(=O)([O-])CCC1OCCCO1.[Na+]. The summed E-state index contributed by atoms with van der Waals surface area (Å²) in [6.45, 7) is 1.15. The molecule has 0 spiro atoms. The van der Waals surface area contributed by atoms with E-state index in [0.29, 0.717) is 13.2 Å². The topological polar surface area (TPSA) is 75.7 Å². The van der Waals surface area contributed by atoms with Gasteiger partial charge in [0.05, 0.1) is 23.3 Å². The van der Waals surface area contributed by atoms with Crippen molar-refractivity contribution in [3.05, 3.63) is 0 Å². The van der Waals surface area contributed by atoms with Crippen molar-refractivity contribution in [1.29, 1.82) is 0 Å². The molecule has 0 aromatic carbocycles. The molecule has 1 saturated heterocycles. The van der Waals surface area contributed by atoms with Crippen molar-refractivity contribution in [2.75, 3.05) is 19.0 Å². The molecule has 72 valence electrons. The van der Waals surface area contributed by atoms with Gasteiger partial charge >= 0.3 is 29.6 Å². The Labute approximate surface area is 99.8 Å². The molecule has 0 aromatic rings. The van der Waals surface area contributed by atoms with Crippen LogP contribution in [0, 0.1) is 0 Å². The van der Waals surface area contributed by atoms with Crippen LogP contribution >= 0.6 is 0 Å². The molecule has 1 rings (SSSR count). The molecule has 13 heavy (non-hydrogen) atoms. The predicted molar refractivity (Wildman–Crippen MR) is 39.5 cm³/mol. The molecule has 0 aromatic heterocycles. The van der Waals surface area contributed by atoms with Gasteiger partial charge in [0.25, 0.3) is 0 Å². The summed E-state index contributed by atoms with van der Waals surface area (Å²) in [4.78, 5) is 0. The number of hydrogen-bond donors (Lipinski definition) is 0. The van der Waals surface area contributed by atoms with Crippen molar-refractivity contribution in [2.45, 2.75) is 19.1 Å². The Bertz CT molecular complexity index is 221. The second-order valence-corrected chi connectivity index (χ2v) is 4.10. The smallest absolute Gasteiger partial charge is 0.748 e. The van der Waals surface area contributed by atoms with E-state index in [1.165, 1.54) is 0 Å². The van der Waals surface area contributed by atoms with Crippen molar-refractivity contribution >= 4 is 10.1 Å². The van der Waals surface area contributed by atoms with Crippen LogP contribution in [0.15, 0.2) is 0 Å². The molecule has 1 fully saturated rings. The van der Waals surface area contributed by atoms with Crippen molar-refractivity contribution in [3.8, 4) is 0 Å². The van der Waals surface area contributed by atoms with E-state index in [1.54, 1.807) is 0 Å². The van der Waals surface area contributed by atoms with Gasteiger partial charge in [-0.15, -0.1) is 0 Å². The fourth-order valence-corrected chi connectivity index (χ4v) is 1.42. The molecule has 1 heterocycles. The minimum atomic E-state index is -4.13. The third-order valence-corrected chi connectivity index (χ3v) is 2.24. The van der Waals surface area contributed by atoms with Crippen LogP contribution in [0.3, 0.4) is 0 Å². The van der Waals surface area contributed by atoms with E-state index in [-0.39, 0.29) is 36.0 Å². The minimum absolute atomic E-state index is 0. The van der Waals surface area contributed by atoms with Crippen molar-refractivity contribution in [3.63, 3.8) is 0 Å². The summed E-state index contributed by atoms with van der Waals surface area (Å²) in [6.07, 6.45) is 0.439. The van der Waals surface area contributed by atoms with Gasteiger partial charge in [0.1, 0.15) is 0 Å². The third-order valence-electron chi connectivity index (χ3n) is 1.50. The fraction of sp³-hybridized carbons (Fsp3) is 1.00. The second kappa shape index (κ2) is 6.34. The first-order valence-electron chi connectivity index (χ1n) is 3.75. The van der Waals surface area contributed by atoms with Crippen LogP contribution in [-0.2, 0) is 19.6 Å². The van der Waals surface area contributed by atoms with E-state index in [2.05, 4.69) is 0 Å². The summed E-state index contributed by atoms with van der Waals surface area (Å²) in [5, 5.41) is 0. The zero-order valence-corrected chi connectivity index (χ0v) is 10.4. The first-order valence-corrected chi connectivity index (χ1v) is 5.32. The molecule has 0 aliphatic carbocycles. The van der Waals surface area contributed by atoms with Gasteiger partial charge in [-0.1, -0.05) is 0 Å². The molecule has 0 unspecified atom stereocenters. The minimum Gasteiger partial charge on any atom is -0.748 e. The number of hydrogen-bond acceptors (Lipinski definition) is 5. The summed E-state index contributed by atoms with van der Waals surface area (Å²) >= 11 is 0. The van der Waals surface area contributed by atoms with Crippen molar-refractivity contribution < 1.29 is 52.0 Å². The summed E-state index contributed by atoms with van der Waals surface area (Å²) in [5.41, 5.74) is 0. The number of ether oxygens (including phenoxy) is 2. The van der Waals surface area contributed by atoms with E-state index in [0.717, 1.165) is 6.42 Å². The predicted octanol–water partition coefficient (Wildman–Crippen LogP) is -3.31. The summed E-state index contributed by atoms with van der Waals surface area (Å²) in [6, 6.07) is 0. The Morgan fingerprint density at radius 1 is 1.31 bits per heavy atom. The Balaban J connectivity index is 0.00000144. The zero-order chi connectivity index (χ0) is 9.03. The molecule has 0 amide bonds. The largest absolute Gasteiger partial charge is 1.00 e. The standard InChI is InChI=1S/C6H12O5S.Na/c7-12(8,9)5-2-6-10-3-1-4-11-6;/h6H,1-5H2,(H,7,8,9);/q;+1/p-1. The first kappa shape index (κ1) is 13.8. The maximum absolute atomic E-state index is 10.2. The van der Waals surface area contributed by atoms with Crippen LogP contribution in [0.5, 0.6) is 0 Å². The van der Waals surface area contributed by atoms with Crippen LogP contribution in [0.1, 0.15) is 12.8 Å². The van der Waals surface area contributed by atoms with E-state index >= 15 is 0 Å². The Morgan fingerprint density at radius 3 is 2.31 bits per heavy atom. The second-order valence-electron chi connectivity index (χ2n) is 2.58. The number of rotatable bonds is 3. The van der Waals surface area contributed by atoms with Gasteiger partial charge in [0.15, 0.2) is 6.29 Å². The van der Waals surface area contributed by atoms with Crippen molar-refractivity contribution in [1.82, 2.24) is 0 Å². The quantitative estimate of drug-likeness (QED) is 0.366. The monoisotopic (exact) mass is 218 g/mol. The van der Waals surface area contributed by atoms with Gasteiger partial charge in [-0.05, 0) is 6.42 Å². The van der Waals surface area contributed by atoms with E-state index in [9.17, 15) is 13.0 Å².